The SMILES string of the molecule is CCOc1cc(C(Nc2ccc(C(=N)N)cc2)C(=O)NNc2cccc(Cl)n2)ccc1OC(C)C. The number of pyridine rings is 1. The highest BCUT2D eigenvalue weighted by atomic mass is 35.5. The molecule has 3 rings (SSSR count). The molecule has 1 amide bonds. The van der Waals surface area contributed by atoms with Crippen LogP contribution < -0.4 is 31.4 Å². The molecule has 3 aromatic rings. The minimum absolute atomic E-state index is 0.0357. The van der Waals surface area contributed by atoms with Crippen molar-refractivity contribution >= 4 is 34.8 Å². The molecule has 0 radical (unpaired) electrons. The van der Waals surface area contributed by atoms with Crippen LogP contribution in [0, 0.1) is 5.41 Å². The molecular weight excluding hydrogens is 468 g/mol. The number of nitrogens with zero attached hydrogens (tertiary/aromatic N) is 1. The van der Waals surface area contributed by atoms with Gasteiger partial charge in [0.1, 0.15) is 22.8 Å². The maximum atomic E-state index is 13.3. The van der Waals surface area contributed by atoms with Crippen molar-refractivity contribution < 1.29 is 14.3 Å². The Morgan fingerprint density at radius 3 is 2.49 bits per heavy atom. The van der Waals surface area contributed by atoms with Crippen LogP contribution in [-0.4, -0.2) is 29.4 Å². The summed E-state index contributed by atoms with van der Waals surface area (Å²) >= 11 is 5.93. The van der Waals surface area contributed by atoms with Crippen LogP contribution in [0.4, 0.5) is 11.5 Å². The first-order chi connectivity index (χ1) is 16.8. The van der Waals surface area contributed by atoms with E-state index in [0.717, 1.165) is 0 Å². The van der Waals surface area contributed by atoms with Crippen LogP contribution in [0.25, 0.3) is 0 Å². The average Bonchev–Trinajstić information content (AvgIpc) is 2.82. The molecule has 35 heavy (non-hydrogen) atoms. The lowest BCUT2D eigenvalue weighted by molar-refractivity contribution is -0.121. The molecule has 9 nitrogen and oxygen atoms in total. The van der Waals surface area contributed by atoms with Gasteiger partial charge >= 0.3 is 0 Å². The van der Waals surface area contributed by atoms with E-state index in [1.165, 1.54) is 0 Å². The number of nitrogens with one attached hydrogen (secondary N) is 4. The van der Waals surface area contributed by atoms with E-state index in [1.807, 2.05) is 20.8 Å². The maximum Gasteiger partial charge on any atom is 0.265 e. The van der Waals surface area contributed by atoms with Crippen LogP contribution in [0.2, 0.25) is 5.15 Å². The van der Waals surface area contributed by atoms with Gasteiger partial charge in [-0.3, -0.25) is 21.1 Å². The number of halogens is 1. The van der Waals surface area contributed by atoms with Gasteiger partial charge in [-0.05, 0) is 74.9 Å². The zero-order valence-corrected chi connectivity index (χ0v) is 20.5. The number of hydrogen-bond donors (Lipinski definition) is 5. The van der Waals surface area contributed by atoms with Gasteiger partial charge in [-0.2, -0.15) is 0 Å². The molecule has 2 aromatic carbocycles. The predicted molar refractivity (Wildman–Crippen MR) is 138 cm³/mol. The number of nitrogen functional groups attached to an aromatic ring is 1. The van der Waals surface area contributed by atoms with Crippen molar-refractivity contribution in [3.63, 3.8) is 0 Å². The number of hydrogen-bond acceptors (Lipinski definition) is 7. The predicted octanol–water partition coefficient (Wildman–Crippen LogP) is 4.50. The average molecular weight is 497 g/mol. The largest absolute Gasteiger partial charge is 0.490 e. The number of amides is 1. The normalized spacial score (nSPS) is 11.5. The van der Waals surface area contributed by atoms with E-state index in [1.54, 1.807) is 60.7 Å². The monoisotopic (exact) mass is 496 g/mol. The summed E-state index contributed by atoms with van der Waals surface area (Å²) in [5.41, 5.74) is 12.9. The summed E-state index contributed by atoms with van der Waals surface area (Å²) in [5.74, 6) is 1.12. The molecule has 0 spiro atoms. The van der Waals surface area contributed by atoms with E-state index in [-0.39, 0.29) is 17.8 Å². The van der Waals surface area contributed by atoms with Crippen molar-refractivity contribution in [3.8, 4) is 11.5 Å². The van der Waals surface area contributed by atoms with Crippen LogP contribution in [-0.2, 0) is 4.79 Å². The number of amidine groups is 1. The summed E-state index contributed by atoms with van der Waals surface area (Å²) in [6.45, 7) is 6.19. The maximum absolute atomic E-state index is 13.3. The van der Waals surface area contributed by atoms with Crippen molar-refractivity contribution in [1.29, 1.82) is 5.41 Å². The Morgan fingerprint density at radius 2 is 1.86 bits per heavy atom. The molecule has 0 saturated carbocycles. The fourth-order valence-corrected chi connectivity index (χ4v) is 3.38. The van der Waals surface area contributed by atoms with E-state index in [0.29, 0.717) is 45.9 Å². The molecule has 1 heterocycles. The van der Waals surface area contributed by atoms with E-state index in [4.69, 9.17) is 32.2 Å². The van der Waals surface area contributed by atoms with Crippen LogP contribution in [0.1, 0.15) is 37.9 Å². The molecule has 0 aliphatic carbocycles. The fraction of sp³-hybridized carbons (Fsp3) is 0.240. The number of ether oxygens (including phenoxy) is 2. The molecule has 1 aromatic heterocycles. The lowest BCUT2D eigenvalue weighted by Crippen LogP contribution is -2.37. The minimum atomic E-state index is -0.808. The Hall–Kier alpha value is -3.98. The molecule has 6 N–H and O–H groups in total. The highest BCUT2D eigenvalue weighted by molar-refractivity contribution is 6.29. The number of benzene rings is 2. The number of rotatable bonds is 11. The van der Waals surface area contributed by atoms with Crippen molar-refractivity contribution in [1.82, 2.24) is 10.4 Å². The van der Waals surface area contributed by atoms with Crippen molar-refractivity contribution in [3.05, 3.63) is 76.9 Å². The van der Waals surface area contributed by atoms with E-state index in [2.05, 4.69) is 21.2 Å². The minimum Gasteiger partial charge on any atom is -0.490 e. The van der Waals surface area contributed by atoms with Gasteiger partial charge in [0.25, 0.3) is 5.91 Å². The first-order valence-corrected chi connectivity index (χ1v) is 11.5. The Labute approximate surface area is 209 Å². The van der Waals surface area contributed by atoms with Gasteiger partial charge in [0, 0.05) is 11.3 Å². The molecule has 0 aliphatic rings. The van der Waals surface area contributed by atoms with Gasteiger partial charge in [0.2, 0.25) is 0 Å². The highest BCUT2D eigenvalue weighted by Crippen LogP contribution is 2.33. The zero-order chi connectivity index (χ0) is 25.4. The molecular formula is C25H29ClN6O3. The van der Waals surface area contributed by atoms with Crippen molar-refractivity contribution in [2.75, 3.05) is 17.3 Å². The van der Waals surface area contributed by atoms with Crippen LogP contribution in [0.15, 0.2) is 60.7 Å². The first-order valence-electron chi connectivity index (χ1n) is 11.1. The highest BCUT2D eigenvalue weighted by Gasteiger charge is 2.23. The summed E-state index contributed by atoms with van der Waals surface area (Å²) in [4.78, 5) is 17.4. The number of nitrogens with two attached hydrogens (primary N) is 1. The van der Waals surface area contributed by atoms with E-state index >= 15 is 0 Å². The lowest BCUT2D eigenvalue weighted by Gasteiger charge is -2.22. The van der Waals surface area contributed by atoms with Crippen molar-refractivity contribution in [2.45, 2.75) is 32.9 Å². The Balaban J connectivity index is 1.90. The molecule has 0 saturated heterocycles. The summed E-state index contributed by atoms with van der Waals surface area (Å²) in [5, 5.41) is 11.1. The van der Waals surface area contributed by atoms with Crippen LogP contribution in [0.5, 0.6) is 11.5 Å². The molecule has 0 fully saturated rings. The second-order valence-electron chi connectivity index (χ2n) is 7.83. The van der Waals surface area contributed by atoms with Gasteiger partial charge in [-0.25, -0.2) is 4.98 Å². The molecule has 1 atom stereocenters. The third kappa shape index (κ3) is 7.25. The van der Waals surface area contributed by atoms with Gasteiger partial charge < -0.3 is 20.5 Å². The van der Waals surface area contributed by atoms with E-state index < -0.39 is 6.04 Å². The molecule has 0 aliphatic heterocycles. The summed E-state index contributed by atoms with van der Waals surface area (Å²) in [6.07, 6.45) is -0.0357. The number of hydrazine groups is 1. The molecule has 184 valence electrons. The second-order valence-corrected chi connectivity index (χ2v) is 8.22. The second kappa shape index (κ2) is 11.9. The Kier molecular flexibility index (Phi) is 8.74. The van der Waals surface area contributed by atoms with Crippen molar-refractivity contribution in [2.24, 2.45) is 5.73 Å². The Bertz CT molecular complexity index is 1170. The summed E-state index contributed by atoms with van der Waals surface area (Å²) in [6, 6.07) is 16.5. The Morgan fingerprint density at radius 1 is 1.11 bits per heavy atom. The third-order valence-corrected chi connectivity index (χ3v) is 4.97. The van der Waals surface area contributed by atoms with Gasteiger partial charge in [0.15, 0.2) is 11.5 Å². The standard InChI is InChI=1S/C25H29ClN6O3/c1-4-34-20-14-17(10-13-19(20)35-15(2)3)23(29-18-11-8-16(9-12-18)24(27)28)25(33)32-31-22-7-5-6-21(26)30-22/h5-15,23,29H,4H2,1-3H3,(H3,27,28)(H,30,31)(H,32,33). The molecule has 0 bridgehead atoms. The zero-order valence-electron chi connectivity index (χ0n) is 19.8. The number of carbonyl (C=O) groups excluding carboxylic acids is 1. The molecule has 1 unspecified atom stereocenters. The van der Waals surface area contributed by atoms with E-state index in [9.17, 15) is 4.79 Å². The smallest absolute Gasteiger partial charge is 0.265 e. The summed E-state index contributed by atoms with van der Waals surface area (Å²) < 4.78 is 11.6. The first kappa shape index (κ1) is 25.6. The summed E-state index contributed by atoms with van der Waals surface area (Å²) in [7, 11) is 0. The number of carbonyl (C=O) groups is 1. The van der Waals surface area contributed by atoms with Crippen LogP contribution in [0.3, 0.4) is 0 Å². The number of aromatic nitrogens is 1. The third-order valence-electron chi connectivity index (χ3n) is 4.76. The fourth-order valence-electron chi connectivity index (χ4n) is 3.21. The van der Waals surface area contributed by atoms with Gasteiger partial charge in [-0.15, -0.1) is 0 Å². The molecule has 10 heteroatoms. The topological polar surface area (TPSA) is 134 Å². The quantitative estimate of drug-likeness (QED) is 0.114. The van der Waals surface area contributed by atoms with Gasteiger partial charge in [-0.1, -0.05) is 23.7 Å². The van der Waals surface area contributed by atoms with Crippen LogP contribution >= 0.6 is 11.6 Å². The van der Waals surface area contributed by atoms with Gasteiger partial charge in [0.05, 0.1) is 12.7 Å². The number of anilines is 2. The lowest BCUT2D eigenvalue weighted by atomic mass is 10.0.